The Morgan fingerprint density at radius 1 is 1.11 bits per heavy atom. The predicted molar refractivity (Wildman–Crippen MR) is 116 cm³/mol. The summed E-state index contributed by atoms with van der Waals surface area (Å²) >= 11 is 0. The lowest BCUT2D eigenvalue weighted by atomic mass is 9.76. The lowest BCUT2D eigenvalue weighted by Crippen LogP contribution is -2.51. The third-order valence-electron chi connectivity index (χ3n) is 7.52. The number of hydrogen-bond donors (Lipinski definition) is 0. The van der Waals surface area contributed by atoms with E-state index in [1.54, 1.807) is 0 Å². The van der Waals surface area contributed by atoms with Crippen molar-refractivity contribution in [3.63, 3.8) is 0 Å². The molecule has 0 aliphatic carbocycles. The zero-order valence-corrected chi connectivity index (χ0v) is 19.8. The lowest BCUT2D eigenvalue weighted by molar-refractivity contribution is -0.150. The number of methoxy groups -OCH3 is 1. The van der Waals surface area contributed by atoms with Gasteiger partial charge in [0.2, 0.25) is 0 Å². The second-order valence-corrected chi connectivity index (χ2v) is 15.0. The van der Waals surface area contributed by atoms with E-state index in [-0.39, 0.29) is 35.0 Å². The Morgan fingerprint density at radius 2 is 1.71 bits per heavy atom. The van der Waals surface area contributed by atoms with Gasteiger partial charge < -0.3 is 9.16 Å². The largest absolute Gasteiger partial charge is 0.469 e. The first kappa shape index (κ1) is 21.5. The fraction of sp³-hybridized carbons (Fsp3) is 0.696. The van der Waals surface area contributed by atoms with Gasteiger partial charge in [0.15, 0.2) is 8.32 Å². The predicted octanol–water partition coefficient (Wildman–Crippen LogP) is 4.73. The molecular formula is C23H37NO3Si. The fourth-order valence-electron chi connectivity index (χ4n) is 4.76. The van der Waals surface area contributed by atoms with Crippen molar-refractivity contribution in [3.05, 3.63) is 35.4 Å². The zero-order chi connectivity index (χ0) is 20.9. The van der Waals surface area contributed by atoms with Crippen molar-refractivity contribution in [2.24, 2.45) is 5.92 Å². The van der Waals surface area contributed by atoms with Crippen molar-refractivity contribution in [1.29, 1.82) is 0 Å². The Bertz CT molecular complexity index is 710. The molecule has 2 saturated heterocycles. The zero-order valence-electron chi connectivity index (χ0n) is 18.8. The van der Waals surface area contributed by atoms with Crippen LogP contribution in [0.2, 0.25) is 18.1 Å². The number of benzene rings is 1. The molecule has 0 spiro atoms. The van der Waals surface area contributed by atoms with Crippen molar-refractivity contribution in [1.82, 2.24) is 4.90 Å². The molecule has 156 valence electrons. The van der Waals surface area contributed by atoms with Crippen LogP contribution >= 0.6 is 0 Å². The van der Waals surface area contributed by atoms with Crippen molar-refractivity contribution in [2.45, 2.75) is 82.8 Å². The van der Waals surface area contributed by atoms with E-state index in [0.29, 0.717) is 6.04 Å². The summed E-state index contributed by atoms with van der Waals surface area (Å²) in [5, 5.41) is 0.181. The van der Waals surface area contributed by atoms with E-state index in [2.05, 4.69) is 77.0 Å². The van der Waals surface area contributed by atoms with Gasteiger partial charge in [0.1, 0.15) is 0 Å². The van der Waals surface area contributed by atoms with Gasteiger partial charge in [-0.1, -0.05) is 50.6 Å². The second kappa shape index (κ2) is 7.58. The first-order chi connectivity index (χ1) is 13.0. The molecule has 5 heteroatoms. The van der Waals surface area contributed by atoms with Crippen molar-refractivity contribution in [3.8, 4) is 0 Å². The Morgan fingerprint density at radius 3 is 2.25 bits per heavy atom. The number of hydrogen-bond acceptors (Lipinski definition) is 4. The highest BCUT2D eigenvalue weighted by molar-refractivity contribution is 6.74. The molecule has 0 amide bonds. The first-order valence-corrected chi connectivity index (χ1v) is 13.4. The fourth-order valence-corrected chi connectivity index (χ4v) is 6.12. The molecule has 2 aliphatic heterocycles. The van der Waals surface area contributed by atoms with Crippen molar-refractivity contribution in [2.75, 3.05) is 14.2 Å². The highest BCUT2D eigenvalue weighted by Crippen LogP contribution is 2.49. The van der Waals surface area contributed by atoms with Crippen molar-refractivity contribution >= 4 is 14.3 Å². The Balaban J connectivity index is 1.92. The molecule has 0 unspecified atom stereocenters. The number of esters is 1. The minimum absolute atomic E-state index is 0.0890. The van der Waals surface area contributed by atoms with E-state index in [9.17, 15) is 4.79 Å². The van der Waals surface area contributed by atoms with Gasteiger partial charge in [-0.05, 0) is 50.5 Å². The quantitative estimate of drug-likeness (QED) is 0.538. The van der Waals surface area contributed by atoms with Gasteiger partial charge >= 0.3 is 5.97 Å². The molecule has 2 fully saturated rings. The van der Waals surface area contributed by atoms with Crippen LogP contribution in [0.3, 0.4) is 0 Å². The van der Waals surface area contributed by atoms with E-state index in [0.717, 1.165) is 12.8 Å². The molecule has 0 aromatic heterocycles. The third-order valence-corrected chi connectivity index (χ3v) is 12.0. The molecule has 3 rings (SSSR count). The summed E-state index contributed by atoms with van der Waals surface area (Å²) in [7, 11) is 1.80. The van der Waals surface area contributed by atoms with Crippen LogP contribution < -0.4 is 0 Å². The van der Waals surface area contributed by atoms with Gasteiger partial charge in [-0.3, -0.25) is 9.69 Å². The number of likely N-dealkylation sites (N-methyl/N-ethyl adjacent to an activating group) is 1. The average Bonchev–Trinajstić information content (AvgIpc) is 2.79. The summed E-state index contributed by atoms with van der Waals surface area (Å²) < 4.78 is 12.1. The van der Waals surface area contributed by atoms with Crippen LogP contribution in [0, 0.1) is 12.8 Å². The molecule has 5 atom stereocenters. The minimum atomic E-state index is -1.87. The van der Waals surface area contributed by atoms with E-state index in [1.165, 1.54) is 18.2 Å². The molecule has 2 aliphatic rings. The summed E-state index contributed by atoms with van der Waals surface area (Å²) in [6.07, 6.45) is 2.05. The van der Waals surface area contributed by atoms with Gasteiger partial charge in [0.05, 0.1) is 19.1 Å². The van der Waals surface area contributed by atoms with Crippen LogP contribution in [-0.4, -0.2) is 51.5 Å². The highest BCUT2D eigenvalue weighted by atomic mass is 28.4. The third kappa shape index (κ3) is 3.81. The molecule has 2 bridgehead atoms. The first-order valence-electron chi connectivity index (χ1n) is 10.5. The number of rotatable bonds is 4. The van der Waals surface area contributed by atoms with Crippen LogP contribution in [0.15, 0.2) is 24.3 Å². The maximum Gasteiger partial charge on any atom is 0.310 e. The Hall–Kier alpha value is -1.17. The molecule has 4 nitrogen and oxygen atoms in total. The van der Waals surface area contributed by atoms with E-state index in [4.69, 9.17) is 9.16 Å². The van der Waals surface area contributed by atoms with Gasteiger partial charge in [-0.25, -0.2) is 0 Å². The van der Waals surface area contributed by atoms with Gasteiger partial charge in [-0.2, -0.15) is 0 Å². The Labute approximate surface area is 171 Å². The second-order valence-electron chi connectivity index (χ2n) is 10.3. The number of piperidine rings is 1. The summed E-state index contributed by atoms with van der Waals surface area (Å²) in [6, 6.07) is 9.19. The maximum absolute atomic E-state index is 12.8. The summed E-state index contributed by atoms with van der Waals surface area (Å²) in [5.74, 6) is -0.0388. The molecule has 0 N–H and O–H groups in total. The molecule has 1 aromatic rings. The summed E-state index contributed by atoms with van der Waals surface area (Å²) in [6.45, 7) is 13.6. The molecule has 1 aromatic carbocycles. The van der Waals surface area contributed by atoms with Crippen LogP contribution in [0.25, 0.3) is 0 Å². The SMILES string of the molecule is COC(=O)[C@@H]1[C@H]2C[C@@H](O[Si](C)(C)C(C)(C)C)[C@@H](C[C@H]1c1ccc(C)cc1)N2C. The lowest BCUT2D eigenvalue weighted by Gasteiger charge is -2.43. The number of aryl methyl sites for hydroxylation is 1. The normalized spacial score (nSPS) is 31.1. The smallest absolute Gasteiger partial charge is 0.310 e. The van der Waals surface area contributed by atoms with Crippen LogP contribution in [0.1, 0.15) is 50.7 Å². The van der Waals surface area contributed by atoms with Crippen LogP contribution in [0.4, 0.5) is 0 Å². The monoisotopic (exact) mass is 403 g/mol. The van der Waals surface area contributed by atoms with E-state index in [1.807, 2.05) is 0 Å². The van der Waals surface area contributed by atoms with Crippen LogP contribution in [-0.2, 0) is 14.0 Å². The Kier molecular flexibility index (Phi) is 5.83. The van der Waals surface area contributed by atoms with Gasteiger partial charge in [0, 0.05) is 18.0 Å². The van der Waals surface area contributed by atoms with E-state index < -0.39 is 8.32 Å². The maximum atomic E-state index is 12.8. The number of carbonyl (C=O) groups is 1. The van der Waals surface area contributed by atoms with E-state index >= 15 is 0 Å². The topological polar surface area (TPSA) is 38.8 Å². The number of ether oxygens (including phenoxy) is 1. The summed E-state index contributed by atoms with van der Waals surface area (Å²) in [5.41, 5.74) is 2.49. The molecule has 0 radical (unpaired) electrons. The molecular weight excluding hydrogens is 366 g/mol. The van der Waals surface area contributed by atoms with Crippen molar-refractivity contribution < 1.29 is 14.0 Å². The minimum Gasteiger partial charge on any atom is -0.469 e. The highest BCUT2D eigenvalue weighted by Gasteiger charge is 2.55. The standard InChI is InChI=1S/C23H37NO3Si/c1-15-9-11-16(12-10-15)17-13-18-20(27-28(7,8)23(2,3)4)14-19(24(18)5)21(17)22(25)26-6/h9-12,17-21H,13-14H2,1-8H3/t17-,18+,19+,20+,21-/m0/s1. The number of fused-ring (bicyclic) bond motifs is 2. The number of nitrogens with zero attached hydrogens (tertiary/aromatic N) is 1. The average molecular weight is 404 g/mol. The van der Waals surface area contributed by atoms with Crippen LogP contribution in [0.5, 0.6) is 0 Å². The summed E-state index contributed by atoms with van der Waals surface area (Å²) in [4.78, 5) is 15.2. The van der Waals surface area contributed by atoms with Gasteiger partial charge in [-0.15, -0.1) is 0 Å². The molecule has 2 heterocycles. The molecule has 28 heavy (non-hydrogen) atoms. The van der Waals surface area contributed by atoms with Gasteiger partial charge in [0.25, 0.3) is 0 Å². The molecule has 0 saturated carbocycles. The number of carbonyl (C=O) groups excluding carboxylic acids is 1.